The molecule has 6 nitrogen and oxygen atoms in total. The molecule has 0 bridgehead atoms. The van der Waals surface area contributed by atoms with Crippen LogP contribution in [0.1, 0.15) is 17.2 Å². The van der Waals surface area contributed by atoms with Crippen molar-refractivity contribution in [1.29, 1.82) is 0 Å². The number of aromatic amines is 1. The molecule has 0 saturated heterocycles. The van der Waals surface area contributed by atoms with Crippen molar-refractivity contribution in [2.24, 2.45) is 11.8 Å². The van der Waals surface area contributed by atoms with E-state index in [1.54, 1.807) is 0 Å². The maximum atomic E-state index is 12.4. The van der Waals surface area contributed by atoms with Crippen molar-refractivity contribution in [3.63, 3.8) is 0 Å². The van der Waals surface area contributed by atoms with Crippen molar-refractivity contribution < 1.29 is 9.47 Å². The summed E-state index contributed by atoms with van der Waals surface area (Å²) in [4.78, 5) is 26.2. The molecule has 160 valence electrons. The monoisotopic (exact) mass is 418 g/mol. The van der Waals surface area contributed by atoms with Gasteiger partial charge in [0, 0.05) is 24.1 Å². The van der Waals surface area contributed by atoms with Crippen LogP contribution in [0.4, 0.5) is 0 Å². The Bertz CT molecular complexity index is 1120. The van der Waals surface area contributed by atoms with Gasteiger partial charge in [-0.15, -0.1) is 0 Å². The Labute approximate surface area is 180 Å². The Kier molecular flexibility index (Phi) is 6.60. The smallest absolute Gasteiger partial charge is 0.328 e. The first-order valence-electron chi connectivity index (χ1n) is 10.4. The van der Waals surface area contributed by atoms with Gasteiger partial charge in [-0.3, -0.25) is 14.3 Å². The van der Waals surface area contributed by atoms with E-state index in [1.165, 1.54) is 16.8 Å². The molecule has 0 spiro atoms. The molecule has 2 aromatic carbocycles. The number of nitrogens with one attached hydrogen (secondary N) is 1. The molecule has 1 aliphatic rings. The largest absolute Gasteiger partial charge is 0.376 e. The number of hydrogen-bond acceptors (Lipinski definition) is 4. The molecule has 1 heterocycles. The third-order valence-corrected chi connectivity index (χ3v) is 5.76. The fourth-order valence-corrected chi connectivity index (χ4v) is 4.11. The molecular formula is C25H26N2O4. The van der Waals surface area contributed by atoms with Gasteiger partial charge in [-0.2, -0.15) is 0 Å². The van der Waals surface area contributed by atoms with Gasteiger partial charge in [-0.05, 0) is 16.7 Å². The quantitative estimate of drug-likeness (QED) is 0.541. The van der Waals surface area contributed by atoms with Crippen molar-refractivity contribution >= 4 is 0 Å². The molecule has 4 rings (SSSR count). The highest BCUT2D eigenvalue weighted by molar-refractivity contribution is 5.24. The van der Waals surface area contributed by atoms with Crippen molar-refractivity contribution in [3.05, 3.63) is 117 Å². The van der Waals surface area contributed by atoms with Gasteiger partial charge in [0.2, 0.25) is 0 Å². The zero-order chi connectivity index (χ0) is 21.6. The average Bonchev–Trinajstić information content (AvgIpc) is 2.79. The number of aromatic nitrogens is 2. The molecule has 1 saturated carbocycles. The third-order valence-electron chi connectivity index (χ3n) is 5.76. The molecule has 6 heteroatoms. The van der Waals surface area contributed by atoms with Gasteiger partial charge >= 0.3 is 5.69 Å². The average molecular weight is 418 g/mol. The van der Waals surface area contributed by atoms with Crippen LogP contribution in [-0.4, -0.2) is 22.8 Å². The van der Waals surface area contributed by atoms with E-state index >= 15 is 0 Å². The molecule has 1 fully saturated rings. The van der Waals surface area contributed by atoms with Crippen LogP contribution < -0.4 is 11.2 Å². The third kappa shape index (κ3) is 4.93. The van der Waals surface area contributed by atoms with Gasteiger partial charge in [-0.25, -0.2) is 4.79 Å². The SMILES string of the molecule is C=C1[C@@H](n2ccc(=O)[nH]c2=O)[C@H](COCc2ccccc2)[C@H]1COCc1ccccc1. The van der Waals surface area contributed by atoms with E-state index in [2.05, 4.69) is 11.6 Å². The van der Waals surface area contributed by atoms with Crippen molar-refractivity contribution in [2.45, 2.75) is 19.3 Å². The second-order valence-electron chi connectivity index (χ2n) is 7.81. The zero-order valence-corrected chi connectivity index (χ0v) is 17.3. The summed E-state index contributed by atoms with van der Waals surface area (Å²) in [7, 11) is 0. The fraction of sp³-hybridized carbons (Fsp3) is 0.280. The molecule has 3 atom stereocenters. The highest BCUT2D eigenvalue weighted by Gasteiger charge is 2.46. The molecule has 0 radical (unpaired) electrons. The summed E-state index contributed by atoms with van der Waals surface area (Å²) < 4.78 is 13.5. The van der Waals surface area contributed by atoms with E-state index in [0.717, 1.165) is 16.7 Å². The molecule has 1 aromatic heterocycles. The summed E-state index contributed by atoms with van der Waals surface area (Å²) in [5.74, 6) is 0.0962. The Hall–Kier alpha value is -3.22. The Balaban J connectivity index is 1.44. The van der Waals surface area contributed by atoms with E-state index in [1.807, 2.05) is 60.7 Å². The number of nitrogens with zero attached hydrogens (tertiary/aromatic N) is 1. The van der Waals surface area contributed by atoms with Crippen LogP contribution in [0, 0.1) is 11.8 Å². The van der Waals surface area contributed by atoms with E-state index in [0.29, 0.717) is 26.4 Å². The van der Waals surface area contributed by atoms with Gasteiger partial charge in [-0.1, -0.05) is 67.2 Å². The van der Waals surface area contributed by atoms with Crippen LogP contribution in [0.2, 0.25) is 0 Å². The lowest BCUT2D eigenvalue weighted by molar-refractivity contribution is -0.0181. The molecule has 0 aliphatic heterocycles. The Morgan fingerprint density at radius 1 is 0.839 bits per heavy atom. The Morgan fingerprint density at radius 3 is 2.00 bits per heavy atom. The lowest BCUT2D eigenvalue weighted by Crippen LogP contribution is -2.49. The van der Waals surface area contributed by atoms with Crippen LogP contribution in [0.25, 0.3) is 0 Å². The van der Waals surface area contributed by atoms with Gasteiger partial charge in [0.1, 0.15) is 0 Å². The summed E-state index contributed by atoms with van der Waals surface area (Å²) in [6, 6.07) is 21.1. The van der Waals surface area contributed by atoms with Crippen LogP contribution in [-0.2, 0) is 22.7 Å². The van der Waals surface area contributed by atoms with Gasteiger partial charge in [0.05, 0.1) is 32.5 Å². The van der Waals surface area contributed by atoms with E-state index in [9.17, 15) is 9.59 Å². The molecule has 0 unspecified atom stereocenters. The zero-order valence-electron chi connectivity index (χ0n) is 17.3. The first-order valence-corrected chi connectivity index (χ1v) is 10.4. The molecule has 1 N–H and O–H groups in total. The summed E-state index contributed by atoms with van der Waals surface area (Å²) >= 11 is 0. The number of H-pyrrole nitrogens is 1. The molecule has 3 aromatic rings. The first kappa shape index (κ1) is 21.0. The van der Waals surface area contributed by atoms with Gasteiger partial charge < -0.3 is 9.47 Å². The highest BCUT2D eigenvalue weighted by Crippen LogP contribution is 2.48. The second kappa shape index (κ2) is 9.73. The van der Waals surface area contributed by atoms with Gasteiger partial charge in [0.25, 0.3) is 5.56 Å². The maximum absolute atomic E-state index is 12.4. The Morgan fingerprint density at radius 2 is 1.42 bits per heavy atom. The number of benzene rings is 2. The van der Waals surface area contributed by atoms with Crippen LogP contribution in [0.5, 0.6) is 0 Å². The van der Waals surface area contributed by atoms with Crippen molar-refractivity contribution in [2.75, 3.05) is 13.2 Å². The lowest BCUT2D eigenvalue weighted by Gasteiger charge is -2.47. The first-order chi connectivity index (χ1) is 15.1. The number of rotatable bonds is 9. The standard InChI is InChI=1S/C25H26N2O4/c1-18-21(16-30-14-19-8-4-2-5-9-19)22(17-31-15-20-10-6-3-7-11-20)24(18)27-13-12-23(28)26-25(27)29/h2-13,21-22,24H,1,14-17H2,(H,26,28,29)/t21-,22+,24+/m0/s1. The molecular weight excluding hydrogens is 392 g/mol. The molecule has 0 amide bonds. The summed E-state index contributed by atoms with van der Waals surface area (Å²) in [6.45, 7) is 6.20. The van der Waals surface area contributed by atoms with Crippen molar-refractivity contribution in [3.8, 4) is 0 Å². The summed E-state index contributed by atoms with van der Waals surface area (Å²) in [5, 5.41) is 0. The normalized spacial score (nSPS) is 20.4. The van der Waals surface area contributed by atoms with Crippen LogP contribution in [0.15, 0.2) is 94.7 Å². The van der Waals surface area contributed by atoms with E-state index in [-0.39, 0.29) is 17.9 Å². The lowest BCUT2D eigenvalue weighted by atomic mass is 9.66. The predicted molar refractivity (Wildman–Crippen MR) is 119 cm³/mol. The fourth-order valence-electron chi connectivity index (χ4n) is 4.11. The minimum atomic E-state index is -0.435. The van der Waals surface area contributed by atoms with Crippen LogP contribution >= 0.6 is 0 Å². The van der Waals surface area contributed by atoms with Crippen LogP contribution in [0.3, 0.4) is 0 Å². The minimum Gasteiger partial charge on any atom is -0.376 e. The van der Waals surface area contributed by atoms with E-state index < -0.39 is 11.2 Å². The van der Waals surface area contributed by atoms with Gasteiger partial charge in [0.15, 0.2) is 0 Å². The van der Waals surface area contributed by atoms with Crippen molar-refractivity contribution in [1.82, 2.24) is 9.55 Å². The molecule has 1 aliphatic carbocycles. The van der Waals surface area contributed by atoms with E-state index in [4.69, 9.17) is 9.47 Å². The summed E-state index contributed by atoms with van der Waals surface area (Å²) in [5.41, 5.74) is 2.27. The number of hydrogen-bond donors (Lipinski definition) is 1. The minimum absolute atomic E-state index is 0.0237. The highest BCUT2D eigenvalue weighted by atomic mass is 16.5. The maximum Gasteiger partial charge on any atom is 0.328 e. The topological polar surface area (TPSA) is 73.3 Å². The second-order valence-corrected chi connectivity index (χ2v) is 7.81. The summed E-state index contributed by atoms with van der Waals surface area (Å²) in [6.07, 6.45) is 1.53. The predicted octanol–water partition coefficient (Wildman–Crippen LogP) is 3.31. The number of ether oxygens (including phenoxy) is 2. The molecule has 31 heavy (non-hydrogen) atoms.